The molecule has 0 atom stereocenters. The highest BCUT2D eigenvalue weighted by molar-refractivity contribution is 6.06. The second-order valence-electron chi connectivity index (χ2n) is 4.65. The smallest absolute Gasteiger partial charge is 0.258 e. The molecule has 1 amide bonds. The number of amides is 1. The van der Waals surface area contributed by atoms with Crippen LogP contribution in [0, 0.1) is 5.82 Å². The molecule has 1 aromatic carbocycles. The van der Waals surface area contributed by atoms with Crippen molar-refractivity contribution in [3.05, 3.63) is 53.5 Å². The third-order valence-corrected chi connectivity index (χ3v) is 3.19. The van der Waals surface area contributed by atoms with Crippen molar-refractivity contribution in [1.82, 2.24) is 4.98 Å². The van der Waals surface area contributed by atoms with Crippen molar-refractivity contribution in [3.63, 3.8) is 0 Å². The zero-order chi connectivity index (χ0) is 15.4. The minimum atomic E-state index is -0.373. The van der Waals surface area contributed by atoms with Crippen LogP contribution < -0.4 is 10.6 Å². The van der Waals surface area contributed by atoms with E-state index in [4.69, 9.17) is 5.73 Å². The third-order valence-electron chi connectivity index (χ3n) is 3.19. The van der Waals surface area contributed by atoms with Crippen molar-refractivity contribution in [2.45, 2.75) is 20.3 Å². The van der Waals surface area contributed by atoms with Gasteiger partial charge in [0.25, 0.3) is 5.91 Å². The van der Waals surface area contributed by atoms with Gasteiger partial charge < -0.3 is 10.6 Å². The van der Waals surface area contributed by atoms with Gasteiger partial charge in [-0.15, -0.1) is 0 Å². The van der Waals surface area contributed by atoms with Gasteiger partial charge in [0.15, 0.2) is 0 Å². The highest BCUT2D eigenvalue weighted by Crippen LogP contribution is 2.19. The molecule has 2 aromatic rings. The lowest BCUT2D eigenvalue weighted by atomic mass is 10.1. The molecule has 1 heterocycles. The standard InChI is InChI=1S/C16H18FN3O/c1-3-13-8-11(9-15(18)19-13)16(21)20(4-2)14-7-5-6-12(17)10-14/h5-10H,3-4H2,1-2H3,(H2,18,19). The van der Waals surface area contributed by atoms with Crippen molar-refractivity contribution in [3.8, 4) is 0 Å². The Labute approximate surface area is 123 Å². The van der Waals surface area contributed by atoms with Crippen molar-refractivity contribution in [2.24, 2.45) is 0 Å². The van der Waals surface area contributed by atoms with Gasteiger partial charge in [-0.2, -0.15) is 0 Å². The van der Waals surface area contributed by atoms with Crippen LogP contribution in [0.5, 0.6) is 0 Å². The number of rotatable bonds is 4. The molecule has 21 heavy (non-hydrogen) atoms. The summed E-state index contributed by atoms with van der Waals surface area (Å²) < 4.78 is 13.3. The molecule has 0 radical (unpaired) electrons. The Balaban J connectivity index is 2.39. The average Bonchev–Trinajstić information content (AvgIpc) is 2.47. The average molecular weight is 287 g/mol. The first kappa shape index (κ1) is 15.0. The number of aryl methyl sites for hydroxylation is 1. The van der Waals surface area contributed by atoms with E-state index >= 15 is 0 Å². The first-order chi connectivity index (χ1) is 10.0. The number of aromatic nitrogens is 1. The maximum Gasteiger partial charge on any atom is 0.258 e. The predicted molar refractivity (Wildman–Crippen MR) is 81.8 cm³/mol. The molecule has 0 bridgehead atoms. The van der Waals surface area contributed by atoms with Gasteiger partial charge in [0.1, 0.15) is 11.6 Å². The molecule has 1 aromatic heterocycles. The summed E-state index contributed by atoms with van der Waals surface area (Å²) in [5.74, 6) is -0.276. The molecule has 0 aliphatic heterocycles. The van der Waals surface area contributed by atoms with Gasteiger partial charge in [-0.05, 0) is 43.7 Å². The summed E-state index contributed by atoms with van der Waals surface area (Å²) in [4.78, 5) is 18.3. The van der Waals surface area contributed by atoms with Crippen LogP contribution in [-0.4, -0.2) is 17.4 Å². The zero-order valence-corrected chi connectivity index (χ0v) is 12.1. The number of pyridine rings is 1. The summed E-state index contributed by atoms with van der Waals surface area (Å²) in [6.07, 6.45) is 0.692. The van der Waals surface area contributed by atoms with Crippen LogP contribution in [0.1, 0.15) is 29.9 Å². The fourth-order valence-corrected chi connectivity index (χ4v) is 2.16. The monoisotopic (exact) mass is 287 g/mol. The van der Waals surface area contributed by atoms with Gasteiger partial charge in [-0.25, -0.2) is 9.37 Å². The fraction of sp³-hybridized carbons (Fsp3) is 0.250. The molecule has 2 rings (SSSR count). The quantitative estimate of drug-likeness (QED) is 0.940. The lowest BCUT2D eigenvalue weighted by Gasteiger charge is -2.21. The lowest BCUT2D eigenvalue weighted by Crippen LogP contribution is -2.31. The maximum atomic E-state index is 13.3. The molecule has 0 aliphatic rings. The van der Waals surface area contributed by atoms with E-state index < -0.39 is 0 Å². The highest BCUT2D eigenvalue weighted by atomic mass is 19.1. The number of benzene rings is 1. The molecule has 4 nitrogen and oxygen atoms in total. The first-order valence-electron chi connectivity index (χ1n) is 6.89. The molecule has 5 heteroatoms. The second kappa shape index (κ2) is 6.35. The van der Waals surface area contributed by atoms with Crippen LogP contribution in [0.3, 0.4) is 0 Å². The number of halogens is 1. The molecule has 0 saturated heterocycles. The van der Waals surface area contributed by atoms with Gasteiger partial charge in [-0.3, -0.25) is 4.79 Å². The molecule has 2 N–H and O–H groups in total. The topological polar surface area (TPSA) is 59.2 Å². The number of hydrogen-bond acceptors (Lipinski definition) is 3. The number of nitrogens with zero attached hydrogens (tertiary/aromatic N) is 2. The van der Waals surface area contributed by atoms with Gasteiger partial charge in [-0.1, -0.05) is 13.0 Å². The summed E-state index contributed by atoms with van der Waals surface area (Å²) in [7, 11) is 0. The van der Waals surface area contributed by atoms with E-state index in [1.807, 2.05) is 13.8 Å². The zero-order valence-electron chi connectivity index (χ0n) is 12.1. The fourth-order valence-electron chi connectivity index (χ4n) is 2.16. The number of hydrogen-bond donors (Lipinski definition) is 1. The van der Waals surface area contributed by atoms with Crippen molar-refractivity contribution < 1.29 is 9.18 Å². The number of anilines is 2. The molecule has 0 fully saturated rings. The lowest BCUT2D eigenvalue weighted by molar-refractivity contribution is 0.0988. The molecular weight excluding hydrogens is 269 g/mol. The van der Waals surface area contributed by atoms with E-state index in [-0.39, 0.29) is 11.7 Å². The molecule has 110 valence electrons. The molecule has 0 unspecified atom stereocenters. The third kappa shape index (κ3) is 3.37. The van der Waals surface area contributed by atoms with Gasteiger partial charge in [0.2, 0.25) is 0 Å². The van der Waals surface area contributed by atoms with E-state index in [0.717, 1.165) is 5.69 Å². The largest absolute Gasteiger partial charge is 0.384 e. The van der Waals surface area contributed by atoms with Gasteiger partial charge in [0.05, 0.1) is 0 Å². The highest BCUT2D eigenvalue weighted by Gasteiger charge is 2.17. The Bertz CT molecular complexity index is 658. The first-order valence-corrected chi connectivity index (χ1v) is 6.89. The normalized spacial score (nSPS) is 10.4. The Morgan fingerprint density at radius 2 is 2.05 bits per heavy atom. The van der Waals surface area contributed by atoms with E-state index in [9.17, 15) is 9.18 Å². The van der Waals surface area contributed by atoms with Crippen LogP contribution >= 0.6 is 0 Å². The number of nitrogen functional groups attached to an aromatic ring is 1. The van der Waals surface area contributed by atoms with E-state index in [0.29, 0.717) is 30.0 Å². The summed E-state index contributed by atoms with van der Waals surface area (Å²) in [5.41, 5.74) is 7.48. The second-order valence-corrected chi connectivity index (χ2v) is 4.65. The number of nitrogens with two attached hydrogens (primary N) is 1. The van der Waals surface area contributed by atoms with Crippen LogP contribution in [-0.2, 0) is 6.42 Å². The molecule has 0 saturated carbocycles. The Hall–Kier alpha value is -2.43. The maximum absolute atomic E-state index is 13.3. The Morgan fingerprint density at radius 3 is 2.67 bits per heavy atom. The van der Waals surface area contributed by atoms with E-state index in [1.165, 1.54) is 17.0 Å². The van der Waals surface area contributed by atoms with Crippen LogP contribution in [0.25, 0.3) is 0 Å². The number of carbonyl (C=O) groups is 1. The SMILES string of the molecule is CCc1cc(C(=O)N(CC)c2cccc(F)c2)cc(N)n1. The van der Waals surface area contributed by atoms with Gasteiger partial charge >= 0.3 is 0 Å². The van der Waals surface area contributed by atoms with E-state index in [2.05, 4.69) is 4.98 Å². The number of carbonyl (C=O) groups excluding carboxylic acids is 1. The molecule has 0 aliphatic carbocycles. The van der Waals surface area contributed by atoms with Crippen molar-refractivity contribution >= 4 is 17.4 Å². The van der Waals surface area contributed by atoms with Crippen LogP contribution in [0.15, 0.2) is 36.4 Å². The summed E-state index contributed by atoms with van der Waals surface area (Å²) in [6, 6.07) is 9.24. The minimum Gasteiger partial charge on any atom is -0.384 e. The van der Waals surface area contributed by atoms with Crippen LogP contribution in [0.2, 0.25) is 0 Å². The van der Waals surface area contributed by atoms with E-state index in [1.54, 1.807) is 24.3 Å². The molecule has 0 spiro atoms. The van der Waals surface area contributed by atoms with Crippen LogP contribution in [0.4, 0.5) is 15.9 Å². The molecular formula is C16H18FN3O. The minimum absolute atomic E-state index is 0.216. The summed E-state index contributed by atoms with van der Waals surface area (Å²) in [5, 5.41) is 0. The summed E-state index contributed by atoms with van der Waals surface area (Å²) in [6.45, 7) is 4.22. The summed E-state index contributed by atoms with van der Waals surface area (Å²) >= 11 is 0. The predicted octanol–water partition coefficient (Wildman–Crippen LogP) is 3.03. The Morgan fingerprint density at radius 1 is 1.29 bits per heavy atom. The van der Waals surface area contributed by atoms with Crippen molar-refractivity contribution in [2.75, 3.05) is 17.2 Å². The van der Waals surface area contributed by atoms with Crippen molar-refractivity contribution in [1.29, 1.82) is 0 Å². The Kier molecular flexibility index (Phi) is 4.52. The van der Waals surface area contributed by atoms with Gasteiger partial charge in [0, 0.05) is 23.5 Å².